The maximum absolute atomic E-state index is 12.7. The molecule has 2 heterocycles. The van der Waals surface area contributed by atoms with Crippen molar-refractivity contribution in [2.45, 2.75) is 25.4 Å². The summed E-state index contributed by atoms with van der Waals surface area (Å²) in [5, 5.41) is 0. The van der Waals surface area contributed by atoms with Gasteiger partial charge in [-0.05, 0) is 36.6 Å². The summed E-state index contributed by atoms with van der Waals surface area (Å²) in [7, 11) is 0. The van der Waals surface area contributed by atoms with Gasteiger partial charge in [-0.2, -0.15) is 0 Å². The third-order valence-electron chi connectivity index (χ3n) is 3.85. The highest BCUT2D eigenvalue weighted by Crippen LogP contribution is 2.34. The van der Waals surface area contributed by atoms with Gasteiger partial charge >= 0.3 is 0 Å². The fourth-order valence-corrected chi connectivity index (χ4v) is 3.25. The first-order valence-electron chi connectivity index (χ1n) is 7.03. The summed E-state index contributed by atoms with van der Waals surface area (Å²) in [6.07, 6.45) is 3.51. The number of rotatable bonds is 3. The first-order valence-corrected chi connectivity index (χ1v) is 7.82. The van der Waals surface area contributed by atoms with Crippen LogP contribution in [0.15, 0.2) is 45.5 Å². The molecular formula is C16H18BrClN2O2. The van der Waals surface area contributed by atoms with Crippen molar-refractivity contribution in [2.75, 3.05) is 6.54 Å². The Hall–Kier alpha value is -1.30. The van der Waals surface area contributed by atoms with Gasteiger partial charge in [0.2, 0.25) is 0 Å². The van der Waals surface area contributed by atoms with Gasteiger partial charge in [0, 0.05) is 11.0 Å². The summed E-state index contributed by atoms with van der Waals surface area (Å²) in [6.45, 7) is 1.08. The van der Waals surface area contributed by atoms with E-state index in [4.69, 9.17) is 10.2 Å². The molecule has 2 N–H and O–H groups in total. The van der Waals surface area contributed by atoms with Crippen LogP contribution in [0.1, 0.15) is 40.6 Å². The summed E-state index contributed by atoms with van der Waals surface area (Å²) < 4.78 is 6.31. The summed E-state index contributed by atoms with van der Waals surface area (Å²) in [6, 6.07) is 10.0. The van der Waals surface area contributed by atoms with Gasteiger partial charge in [-0.3, -0.25) is 4.79 Å². The van der Waals surface area contributed by atoms with Crippen LogP contribution >= 0.6 is 28.3 Å². The van der Waals surface area contributed by atoms with Crippen LogP contribution in [0.4, 0.5) is 0 Å². The summed E-state index contributed by atoms with van der Waals surface area (Å²) in [5.41, 5.74) is 7.27. The van der Waals surface area contributed by atoms with Gasteiger partial charge in [-0.1, -0.05) is 28.1 Å². The second-order valence-corrected chi connectivity index (χ2v) is 6.13. The molecule has 0 aliphatic carbocycles. The van der Waals surface area contributed by atoms with Crippen molar-refractivity contribution in [3.63, 3.8) is 0 Å². The highest BCUT2D eigenvalue weighted by molar-refractivity contribution is 9.10. The lowest BCUT2D eigenvalue weighted by molar-refractivity contribution is 0.0735. The standard InChI is InChI=1S/C16H17BrN2O2.ClH/c17-13-4-1-3-11(7-13)15-5-2-6-19(15)16(20)12-8-14(9-18)21-10-12;/h1,3-4,7-8,10,15H,2,5-6,9,18H2;1H. The largest absolute Gasteiger partial charge is 0.467 e. The molecule has 1 aromatic heterocycles. The zero-order valence-electron chi connectivity index (χ0n) is 12.0. The van der Waals surface area contributed by atoms with Crippen molar-refractivity contribution in [2.24, 2.45) is 5.73 Å². The molecule has 1 aliphatic heterocycles. The van der Waals surface area contributed by atoms with Gasteiger partial charge in [0.25, 0.3) is 5.91 Å². The molecule has 0 saturated carbocycles. The number of hydrogen-bond acceptors (Lipinski definition) is 3. The van der Waals surface area contributed by atoms with E-state index in [1.165, 1.54) is 6.26 Å². The van der Waals surface area contributed by atoms with Crippen molar-refractivity contribution >= 4 is 34.2 Å². The fourth-order valence-electron chi connectivity index (χ4n) is 2.84. The van der Waals surface area contributed by atoms with Gasteiger partial charge in [-0.25, -0.2) is 0 Å². The predicted molar refractivity (Wildman–Crippen MR) is 91.0 cm³/mol. The van der Waals surface area contributed by atoms with Gasteiger partial charge in [0.1, 0.15) is 12.0 Å². The van der Waals surface area contributed by atoms with E-state index in [1.807, 2.05) is 17.0 Å². The third kappa shape index (κ3) is 3.37. The minimum atomic E-state index is 0. The van der Waals surface area contributed by atoms with Crippen LogP contribution in [0.2, 0.25) is 0 Å². The van der Waals surface area contributed by atoms with Crippen molar-refractivity contribution in [1.82, 2.24) is 4.90 Å². The lowest BCUT2D eigenvalue weighted by Gasteiger charge is -2.24. The van der Waals surface area contributed by atoms with Crippen LogP contribution in [-0.4, -0.2) is 17.4 Å². The Morgan fingerprint density at radius 1 is 1.41 bits per heavy atom. The summed E-state index contributed by atoms with van der Waals surface area (Å²) in [5.74, 6) is 0.650. The van der Waals surface area contributed by atoms with Crippen LogP contribution < -0.4 is 5.73 Å². The summed E-state index contributed by atoms with van der Waals surface area (Å²) in [4.78, 5) is 14.6. The zero-order valence-corrected chi connectivity index (χ0v) is 14.4. The lowest BCUT2D eigenvalue weighted by Crippen LogP contribution is -2.30. The molecule has 4 nitrogen and oxygen atoms in total. The molecule has 1 aliphatic rings. The molecule has 118 valence electrons. The number of benzene rings is 1. The van der Waals surface area contributed by atoms with Crippen LogP contribution in [-0.2, 0) is 6.54 Å². The SMILES string of the molecule is Cl.NCc1cc(C(=O)N2CCCC2c2cccc(Br)c2)co1. The Morgan fingerprint density at radius 2 is 2.23 bits per heavy atom. The predicted octanol–water partition coefficient (Wildman–Crippen LogP) is 3.90. The Kier molecular flexibility index (Phi) is 5.67. The summed E-state index contributed by atoms with van der Waals surface area (Å²) >= 11 is 3.49. The molecule has 0 bridgehead atoms. The monoisotopic (exact) mass is 384 g/mol. The molecule has 1 fully saturated rings. The van der Waals surface area contributed by atoms with Crippen molar-refractivity contribution in [1.29, 1.82) is 0 Å². The molecular weight excluding hydrogens is 368 g/mol. The Morgan fingerprint density at radius 3 is 2.91 bits per heavy atom. The highest BCUT2D eigenvalue weighted by atomic mass is 79.9. The van der Waals surface area contributed by atoms with Crippen molar-refractivity contribution < 1.29 is 9.21 Å². The molecule has 6 heteroatoms. The van der Waals surface area contributed by atoms with E-state index >= 15 is 0 Å². The van der Waals surface area contributed by atoms with E-state index in [0.717, 1.165) is 29.4 Å². The van der Waals surface area contributed by atoms with Gasteiger partial charge in [0.15, 0.2) is 0 Å². The number of hydrogen-bond donors (Lipinski definition) is 1. The number of amides is 1. The van der Waals surface area contributed by atoms with E-state index in [-0.39, 0.29) is 24.4 Å². The van der Waals surface area contributed by atoms with Gasteiger partial charge in [0.05, 0.1) is 18.2 Å². The number of nitrogens with zero attached hydrogens (tertiary/aromatic N) is 1. The van der Waals surface area contributed by atoms with Gasteiger partial charge in [-0.15, -0.1) is 12.4 Å². The third-order valence-corrected chi connectivity index (χ3v) is 4.34. The number of halogens is 2. The van der Waals surface area contributed by atoms with E-state index in [1.54, 1.807) is 6.07 Å². The second kappa shape index (κ2) is 7.31. The molecule has 0 spiro atoms. The van der Waals surface area contributed by atoms with Gasteiger partial charge < -0.3 is 15.1 Å². The Bertz CT molecular complexity index is 659. The first kappa shape index (κ1) is 17.1. The van der Waals surface area contributed by atoms with Crippen LogP contribution in [0.3, 0.4) is 0 Å². The van der Waals surface area contributed by atoms with Crippen molar-refractivity contribution in [3.8, 4) is 0 Å². The quantitative estimate of drug-likeness (QED) is 0.871. The van der Waals surface area contributed by atoms with E-state index < -0.39 is 0 Å². The van der Waals surface area contributed by atoms with Crippen LogP contribution in [0, 0.1) is 0 Å². The molecule has 1 atom stereocenters. The molecule has 22 heavy (non-hydrogen) atoms. The topological polar surface area (TPSA) is 59.5 Å². The molecule has 3 rings (SSSR count). The average molecular weight is 386 g/mol. The van der Waals surface area contributed by atoms with E-state index in [2.05, 4.69) is 28.1 Å². The minimum absolute atomic E-state index is 0. The smallest absolute Gasteiger partial charge is 0.257 e. The second-order valence-electron chi connectivity index (χ2n) is 5.22. The molecule has 0 radical (unpaired) electrons. The van der Waals surface area contributed by atoms with Crippen LogP contribution in [0.25, 0.3) is 0 Å². The number of nitrogens with two attached hydrogens (primary N) is 1. The molecule has 1 amide bonds. The Labute approximate surface area is 144 Å². The molecule has 2 aromatic rings. The normalized spacial score (nSPS) is 17.4. The lowest BCUT2D eigenvalue weighted by atomic mass is 10.0. The zero-order chi connectivity index (χ0) is 14.8. The number of carbonyl (C=O) groups is 1. The highest BCUT2D eigenvalue weighted by Gasteiger charge is 2.31. The van der Waals surface area contributed by atoms with E-state index in [9.17, 15) is 4.79 Å². The minimum Gasteiger partial charge on any atom is -0.467 e. The Balaban J connectivity index is 0.00000176. The average Bonchev–Trinajstić information content (AvgIpc) is 3.15. The van der Waals surface area contributed by atoms with Crippen molar-refractivity contribution in [3.05, 3.63) is 58.0 Å². The molecule has 1 saturated heterocycles. The molecule has 1 unspecified atom stereocenters. The number of furan rings is 1. The first-order chi connectivity index (χ1) is 10.2. The molecule has 1 aromatic carbocycles. The van der Waals surface area contributed by atoms with E-state index in [0.29, 0.717) is 17.9 Å². The van der Waals surface area contributed by atoms with Crippen LogP contribution in [0.5, 0.6) is 0 Å². The fraction of sp³-hybridized carbons (Fsp3) is 0.312. The number of carbonyl (C=O) groups excluding carboxylic acids is 1. The number of likely N-dealkylation sites (tertiary alicyclic amines) is 1. The maximum Gasteiger partial charge on any atom is 0.257 e. The maximum atomic E-state index is 12.7.